The second-order valence-electron chi connectivity index (χ2n) is 6.03. The summed E-state index contributed by atoms with van der Waals surface area (Å²) >= 11 is 3.51. The van der Waals surface area contributed by atoms with E-state index >= 15 is 0 Å². The van der Waals surface area contributed by atoms with Gasteiger partial charge in [0.1, 0.15) is 11.6 Å². The summed E-state index contributed by atoms with van der Waals surface area (Å²) in [5.41, 5.74) is 1.20. The van der Waals surface area contributed by atoms with Gasteiger partial charge in [-0.3, -0.25) is 0 Å². The first-order chi connectivity index (χ1) is 9.89. The summed E-state index contributed by atoms with van der Waals surface area (Å²) in [6, 6.07) is 6.04. The normalized spacial score (nSPS) is 11.7. The lowest BCUT2D eigenvalue weighted by molar-refractivity contribution is 0.403. The van der Waals surface area contributed by atoms with E-state index in [-0.39, 0.29) is 5.54 Å². The van der Waals surface area contributed by atoms with Crippen molar-refractivity contribution in [3.63, 3.8) is 0 Å². The molecule has 0 radical (unpaired) electrons. The number of nitrogens with one attached hydrogen (secondary N) is 1. The van der Waals surface area contributed by atoms with Gasteiger partial charge in [0.15, 0.2) is 0 Å². The molecule has 21 heavy (non-hydrogen) atoms. The molecule has 5 heteroatoms. The van der Waals surface area contributed by atoms with Crippen molar-refractivity contribution in [2.24, 2.45) is 0 Å². The van der Waals surface area contributed by atoms with E-state index in [4.69, 9.17) is 4.74 Å². The van der Waals surface area contributed by atoms with Crippen molar-refractivity contribution in [2.45, 2.75) is 39.4 Å². The number of halogens is 1. The molecular weight excluding hydrogens is 330 g/mol. The van der Waals surface area contributed by atoms with Gasteiger partial charge in [-0.2, -0.15) is 0 Å². The Balaban J connectivity index is 2.17. The lowest BCUT2D eigenvalue weighted by atomic mass is 10.1. The topological polar surface area (TPSA) is 39.1 Å². The van der Waals surface area contributed by atoms with E-state index < -0.39 is 0 Å². The second-order valence-corrected chi connectivity index (χ2v) is 6.95. The van der Waals surface area contributed by atoms with Crippen LogP contribution in [0.5, 0.6) is 5.75 Å². The van der Waals surface area contributed by atoms with E-state index in [2.05, 4.69) is 57.6 Å². The van der Waals surface area contributed by atoms with E-state index in [1.54, 1.807) is 7.11 Å². The highest BCUT2D eigenvalue weighted by molar-refractivity contribution is 9.10. The number of rotatable bonds is 5. The third-order valence-electron chi connectivity index (χ3n) is 3.16. The van der Waals surface area contributed by atoms with Gasteiger partial charge in [-0.25, -0.2) is 4.98 Å². The number of imidazole rings is 1. The summed E-state index contributed by atoms with van der Waals surface area (Å²) in [5.74, 6) is 1.91. The Hall–Kier alpha value is -1.33. The summed E-state index contributed by atoms with van der Waals surface area (Å²) in [6.45, 7) is 7.93. The van der Waals surface area contributed by atoms with Crippen LogP contribution in [0.2, 0.25) is 0 Å². The van der Waals surface area contributed by atoms with Gasteiger partial charge in [0.2, 0.25) is 0 Å². The van der Waals surface area contributed by atoms with E-state index in [9.17, 15) is 0 Å². The molecular formula is C16H22BrN3O. The third kappa shape index (κ3) is 4.58. The van der Waals surface area contributed by atoms with Crippen molar-refractivity contribution in [1.82, 2.24) is 14.9 Å². The monoisotopic (exact) mass is 351 g/mol. The van der Waals surface area contributed by atoms with Crippen molar-refractivity contribution in [3.05, 3.63) is 46.5 Å². The molecule has 4 nitrogen and oxygen atoms in total. The maximum absolute atomic E-state index is 5.43. The summed E-state index contributed by atoms with van der Waals surface area (Å²) in [7, 11) is 1.70. The molecule has 0 bridgehead atoms. The molecule has 0 atom stereocenters. The van der Waals surface area contributed by atoms with Crippen molar-refractivity contribution >= 4 is 15.9 Å². The predicted octanol–water partition coefficient (Wildman–Crippen LogP) is 3.59. The van der Waals surface area contributed by atoms with Crippen LogP contribution in [-0.2, 0) is 13.1 Å². The minimum Gasteiger partial charge on any atom is -0.496 e. The van der Waals surface area contributed by atoms with Crippen LogP contribution < -0.4 is 10.1 Å². The number of hydrogen-bond acceptors (Lipinski definition) is 3. The molecule has 0 aliphatic rings. The Morgan fingerprint density at radius 3 is 2.76 bits per heavy atom. The molecule has 2 aromatic rings. The lowest BCUT2D eigenvalue weighted by Gasteiger charge is -2.20. The third-order valence-corrected chi connectivity index (χ3v) is 3.65. The van der Waals surface area contributed by atoms with Gasteiger partial charge in [-0.05, 0) is 39.0 Å². The SMILES string of the molecule is COc1ccc(Br)cc1Cn1ccnc1CNC(C)(C)C. The first kappa shape index (κ1) is 16.0. The van der Waals surface area contributed by atoms with Crippen molar-refractivity contribution in [1.29, 1.82) is 0 Å². The number of aromatic nitrogens is 2. The van der Waals surface area contributed by atoms with Crippen LogP contribution in [-0.4, -0.2) is 22.2 Å². The van der Waals surface area contributed by atoms with Crippen LogP contribution in [0, 0.1) is 0 Å². The average Bonchev–Trinajstić information content (AvgIpc) is 2.83. The van der Waals surface area contributed by atoms with Gasteiger partial charge < -0.3 is 14.6 Å². The number of nitrogens with zero attached hydrogens (tertiary/aromatic N) is 2. The van der Waals surface area contributed by atoms with Crippen LogP contribution in [0.1, 0.15) is 32.2 Å². The fourth-order valence-corrected chi connectivity index (χ4v) is 2.46. The predicted molar refractivity (Wildman–Crippen MR) is 88.6 cm³/mol. The zero-order valence-corrected chi connectivity index (χ0v) is 14.6. The molecule has 2 rings (SSSR count). The second kappa shape index (κ2) is 6.62. The molecule has 0 amide bonds. The molecule has 0 aliphatic heterocycles. The lowest BCUT2D eigenvalue weighted by Crippen LogP contribution is -2.36. The first-order valence-corrected chi connectivity index (χ1v) is 7.76. The van der Waals surface area contributed by atoms with Gasteiger partial charge >= 0.3 is 0 Å². The molecule has 0 aliphatic carbocycles. The largest absolute Gasteiger partial charge is 0.496 e. The summed E-state index contributed by atoms with van der Waals surface area (Å²) in [4.78, 5) is 4.44. The zero-order valence-electron chi connectivity index (χ0n) is 13.0. The summed E-state index contributed by atoms with van der Waals surface area (Å²) in [6.07, 6.45) is 3.84. The number of hydrogen-bond donors (Lipinski definition) is 1. The Morgan fingerprint density at radius 1 is 1.33 bits per heavy atom. The van der Waals surface area contributed by atoms with Gasteiger partial charge in [0.25, 0.3) is 0 Å². The fraction of sp³-hybridized carbons (Fsp3) is 0.438. The highest BCUT2D eigenvalue weighted by Crippen LogP contribution is 2.24. The van der Waals surface area contributed by atoms with Crippen LogP contribution >= 0.6 is 15.9 Å². The van der Waals surface area contributed by atoms with E-state index in [1.807, 2.05) is 24.5 Å². The first-order valence-electron chi connectivity index (χ1n) is 6.96. The van der Waals surface area contributed by atoms with Crippen molar-refractivity contribution in [3.8, 4) is 5.75 Å². The quantitative estimate of drug-likeness (QED) is 0.894. The molecule has 1 aromatic heterocycles. The maximum Gasteiger partial charge on any atom is 0.123 e. The molecule has 1 aromatic carbocycles. The van der Waals surface area contributed by atoms with Crippen molar-refractivity contribution in [2.75, 3.05) is 7.11 Å². The van der Waals surface area contributed by atoms with Crippen molar-refractivity contribution < 1.29 is 4.74 Å². The zero-order chi connectivity index (χ0) is 15.5. The number of ether oxygens (including phenoxy) is 1. The van der Waals surface area contributed by atoms with Gasteiger partial charge in [0, 0.05) is 28.0 Å². The molecule has 1 heterocycles. The number of benzene rings is 1. The molecule has 1 N–H and O–H groups in total. The summed E-state index contributed by atoms with van der Waals surface area (Å²) < 4.78 is 8.62. The van der Waals surface area contributed by atoms with Crippen LogP contribution in [0.4, 0.5) is 0 Å². The summed E-state index contributed by atoms with van der Waals surface area (Å²) in [5, 5.41) is 3.47. The molecule has 0 spiro atoms. The number of methoxy groups -OCH3 is 1. The molecule has 114 valence electrons. The van der Waals surface area contributed by atoms with Gasteiger partial charge in [-0.1, -0.05) is 15.9 Å². The average molecular weight is 352 g/mol. The van der Waals surface area contributed by atoms with Crippen LogP contribution in [0.15, 0.2) is 35.1 Å². The maximum atomic E-state index is 5.43. The van der Waals surface area contributed by atoms with Gasteiger partial charge in [-0.15, -0.1) is 0 Å². The van der Waals surface area contributed by atoms with E-state index in [0.717, 1.165) is 34.7 Å². The molecule has 0 saturated heterocycles. The minimum absolute atomic E-state index is 0.0737. The van der Waals surface area contributed by atoms with Gasteiger partial charge in [0.05, 0.1) is 20.2 Å². The Bertz CT molecular complexity index is 602. The van der Waals surface area contributed by atoms with Crippen LogP contribution in [0.3, 0.4) is 0 Å². The highest BCUT2D eigenvalue weighted by atomic mass is 79.9. The minimum atomic E-state index is 0.0737. The van der Waals surface area contributed by atoms with E-state index in [1.165, 1.54) is 0 Å². The fourth-order valence-electron chi connectivity index (χ4n) is 2.05. The Labute approximate surface area is 134 Å². The molecule has 0 unspecified atom stereocenters. The Morgan fingerprint density at radius 2 is 2.10 bits per heavy atom. The van der Waals surface area contributed by atoms with E-state index in [0.29, 0.717) is 0 Å². The van der Waals surface area contributed by atoms with Crippen LogP contribution in [0.25, 0.3) is 0 Å². The Kier molecular flexibility index (Phi) is 5.06. The highest BCUT2D eigenvalue weighted by Gasteiger charge is 2.12. The molecule has 0 fully saturated rings. The standard InChI is InChI=1S/C16H22BrN3O/c1-16(2,3)19-10-15-18-7-8-20(15)11-12-9-13(17)5-6-14(12)21-4/h5-9,19H,10-11H2,1-4H3. The molecule has 0 saturated carbocycles. The smallest absolute Gasteiger partial charge is 0.123 e.